The third-order valence-corrected chi connectivity index (χ3v) is 10.3. The summed E-state index contributed by atoms with van der Waals surface area (Å²) in [5.41, 5.74) is 3.46. The summed E-state index contributed by atoms with van der Waals surface area (Å²) in [4.78, 5) is 12.9. The van der Waals surface area contributed by atoms with Crippen LogP contribution in [0.25, 0.3) is 0 Å². The minimum Gasteiger partial charge on any atom is -0.326 e. The molecule has 1 amide bonds. The summed E-state index contributed by atoms with van der Waals surface area (Å²) in [6.45, 7) is 4.27. The van der Waals surface area contributed by atoms with Crippen molar-refractivity contribution in [1.82, 2.24) is 4.31 Å². The zero-order chi connectivity index (χ0) is 27.5. The van der Waals surface area contributed by atoms with Crippen molar-refractivity contribution >= 4 is 53.3 Å². The fourth-order valence-electron chi connectivity index (χ4n) is 4.34. The minimum atomic E-state index is -3.79. The van der Waals surface area contributed by atoms with E-state index in [1.54, 1.807) is 36.4 Å². The molecule has 0 atom stereocenters. The van der Waals surface area contributed by atoms with E-state index in [9.17, 15) is 21.6 Å². The molecule has 1 saturated heterocycles. The van der Waals surface area contributed by atoms with Crippen LogP contribution in [0.5, 0.6) is 0 Å². The van der Waals surface area contributed by atoms with Crippen molar-refractivity contribution in [3.05, 3.63) is 87.9 Å². The highest BCUT2D eigenvalue weighted by Gasteiger charge is 2.31. The Labute approximate surface area is 232 Å². The van der Waals surface area contributed by atoms with Gasteiger partial charge in [-0.05, 0) is 85.8 Å². The van der Waals surface area contributed by atoms with Crippen molar-refractivity contribution in [3.8, 4) is 0 Å². The molecule has 3 aromatic carbocycles. The maximum absolute atomic E-state index is 12.9. The monoisotopic (exact) mass is 619 g/mol. The van der Waals surface area contributed by atoms with Crippen LogP contribution < -0.4 is 10.0 Å². The number of carbonyl (C=O) groups is 1. The largest absolute Gasteiger partial charge is 0.326 e. The van der Waals surface area contributed by atoms with Gasteiger partial charge in [0.2, 0.25) is 15.9 Å². The number of hydrogen-bond acceptors (Lipinski definition) is 5. The number of anilines is 2. The van der Waals surface area contributed by atoms with Crippen LogP contribution in [0, 0.1) is 19.8 Å². The van der Waals surface area contributed by atoms with Crippen LogP contribution in [-0.2, 0) is 30.6 Å². The Kier molecular flexibility index (Phi) is 8.61. The van der Waals surface area contributed by atoms with Gasteiger partial charge in [0.25, 0.3) is 10.0 Å². The molecule has 11 heteroatoms. The van der Waals surface area contributed by atoms with E-state index in [0.29, 0.717) is 29.8 Å². The molecule has 3 aromatic rings. The molecule has 0 unspecified atom stereocenters. The first-order chi connectivity index (χ1) is 17.9. The summed E-state index contributed by atoms with van der Waals surface area (Å²) in [5.74, 6) is -0.628. The van der Waals surface area contributed by atoms with Crippen LogP contribution in [0.4, 0.5) is 11.4 Å². The van der Waals surface area contributed by atoms with Crippen molar-refractivity contribution in [3.63, 3.8) is 0 Å². The first kappa shape index (κ1) is 28.3. The first-order valence-corrected chi connectivity index (χ1v) is 16.0. The Morgan fingerprint density at radius 2 is 1.63 bits per heavy atom. The van der Waals surface area contributed by atoms with Crippen molar-refractivity contribution in [2.24, 2.45) is 5.92 Å². The quantitative estimate of drug-likeness (QED) is 0.366. The summed E-state index contributed by atoms with van der Waals surface area (Å²) >= 11 is 3.36. The van der Waals surface area contributed by atoms with Gasteiger partial charge < -0.3 is 5.32 Å². The Hall–Kier alpha value is -2.73. The molecule has 8 nitrogen and oxygen atoms in total. The molecule has 4 rings (SSSR count). The molecule has 1 aliphatic heterocycles. The van der Waals surface area contributed by atoms with Crippen molar-refractivity contribution in [2.75, 3.05) is 23.1 Å². The lowest BCUT2D eigenvalue weighted by Gasteiger charge is -2.30. The third kappa shape index (κ3) is 7.02. The molecular weight excluding hydrogens is 590 g/mol. The van der Waals surface area contributed by atoms with Gasteiger partial charge in [0.15, 0.2) is 0 Å². The lowest BCUT2D eigenvalue weighted by atomic mass is 9.97. The molecule has 0 spiro atoms. The number of nitrogens with zero attached hydrogens (tertiary/aromatic N) is 1. The number of nitrogens with one attached hydrogen (secondary N) is 2. The summed E-state index contributed by atoms with van der Waals surface area (Å²) in [5, 5.41) is 2.83. The van der Waals surface area contributed by atoms with Gasteiger partial charge in [0.05, 0.1) is 16.3 Å². The molecule has 0 saturated carbocycles. The number of sulfonamides is 2. The Morgan fingerprint density at radius 3 is 2.29 bits per heavy atom. The Morgan fingerprint density at radius 1 is 0.947 bits per heavy atom. The Bertz CT molecular complexity index is 1530. The predicted octanol–water partition coefficient (Wildman–Crippen LogP) is 5.05. The highest BCUT2D eigenvalue weighted by Crippen LogP contribution is 2.25. The Balaban J connectivity index is 1.33. The molecule has 1 aliphatic rings. The summed E-state index contributed by atoms with van der Waals surface area (Å²) in [6, 6.07) is 18.7. The fourth-order valence-corrected chi connectivity index (χ4v) is 7.45. The molecule has 1 fully saturated rings. The molecular formula is C27H30BrN3O5S2. The van der Waals surface area contributed by atoms with Gasteiger partial charge in [-0.25, -0.2) is 21.1 Å². The fraction of sp³-hybridized carbons (Fsp3) is 0.296. The van der Waals surface area contributed by atoms with E-state index in [4.69, 9.17) is 0 Å². The van der Waals surface area contributed by atoms with Crippen LogP contribution >= 0.6 is 15.9 Å². The van der Waals surface area contributed by atoms with Crippen LogP contribution in [0.3, 0.4) is 0 Å². The van der Waals surface area contributed by atoms with E-state index < -0.39 is 20.0 Å². The van der Waals surface area contributed by atoms with Gasteiger partial charge in [-0.2, -0.15) is 0 Å². The highest BCUT2D eigenvalue weighted by atomic mass is 79.9. The number of hydrogen-bond donors (Lipinski definition) is 2. The van der Waals surface area contributed by atoms with E-state index >= 15 is 0 Å². The summed E-state index contributed by atoms with van der Waals surface area (Å²) in [7, 11) is -7.28. The molecule has 0 aromatic heterocycles. The topological polar surface area (TPSA) is 113 Å². The maximum Gasteiger partial charge on any atom is 0.261 e. The second-order valence-corrected chi connectivity index (χ2v) is 14.1. The molecule has 202 valence electrons. The maximum atomic E-state index is 12.9. The summed E-state index contributed by atoms with van der Waals surface area (Å²) < 4.78 is 56.3. The van der Waals surface area contributed by atoms with Crippen LogP contribution in [0.2, 0.25) is 0 Å². The molecule has 38 heavy (non-hydrogen) atoms. The van der Waals surface area contributed by atoms with E-state index in [2.05, 4.69) is 26.0 Å². The van der Waals surface area contributed by atoms with Gasteiger partial charge in [-0.3, -0.25) is 9.52 Å². The molecule has 0 radical (unpaired) electrons. The average molecular weight is 621 g/mol. The van der Waals surface area contributed by atoms with Gasteiger partial charge in [0, 0.05) is 29.2 Å². The predicted molar refractivity (Wildman–Crippen MR) is 153 cm³/mol. The van der Waals surface area contributed by atoms with E-state index in [-0.39, 0.29) is 35.6 Å². The van der Waals surface area contributed by atoms with Gasteiger partial charge >= 0.3 is 0 Å². The molecule has 0 bridgehead atoms. The second kappa shape index (κ2) is 11.6. The normalized spacial score (nSPS) is 15.2. The van der Waals surface area contributed by atoms with Gasteiger partial charge in [-0.15, -0.1) is 0 Å². The number of benzene rings is 3. The average Bonchev–Trinajstić information content (AvgIpc) is 2.86. The van der Waals surface area contributed by atoms with Crippen LogP contribution in [0.1, 0.15) is 29.5 Å². The second-order valence-electron chi connectivity index (χ2n) is 9.50. The number of piperidine rings is 1. The number of carbonyl (C=O) groups excluding carboxylic acids is 1. The standard InChI is InChI=1S/C27H30BrN3O5S2/c1-19-6-7-20(2)26(16-19)30-38(35,36)25-10-8-24(9-11-25)29-27(32)22-12-14-31(15-13-22)37(33,34)18-21-4-3-5-23(28)17-21/h3-11,16-17,22,30H,12-15,18H2,1-2H3,(H,29,32). The smallest absolute Gasteiger partial charge is 0.261 e. The molecule has 2 N–H and O–H groups in total. The third-order valence-electron chi connectivity index (χ3n) is 6.53. The summed E-state index contributed by atoms with van der Waals surface area (Å²) in [6.07, 6.45) is 0.825. The number of aryl methyl sites for hydroxylation is 2. The van der Waals surface area contributed by atoms with Crippen LogP contribution in [-0.4, -0.2) is 40.1 Å². The van der Waals surface area contributed by atoms with Crippen molar-refractivity contribution in [1.29, 1.82) is 0 Å². The van der Waals surface area contributed by atoms with E-state index in [1.807, 2.05) is 32.0 Å². The molecule has 0 aliphatic carbocycles. The van der Waals surface area contributed by atoms with Gasteiger partial charge in [0.1, 0.15) is 0 Å². The number of halogens is 1. The SMILES string of the molecule is Cc1ccc(C)c(NS(=O)(=O)c2ccc(NC(=O)C3CCN(S(=O)(=O)Cc4cccc(Br)c4)CC3)cc2)c1. The zero-order valence-corrected chi connectivity index (χ0v) is 24.4. The lowest BCUT2D eigenvalue weighted by molar-refractivity contribution is -0.120. The van der Waals surface area contributed by atoms with E-state index in [0.717, 1.165) is 15.6 Å². The van der Waals surface area contributed by atoms with Crippen molar-refractivity contribution < 1.29 is 21.6 Å². The van der Waals surface area contributed by atoms with Crippen molar-refractivity contribution in [2.45, 2.75) is 37.3 Å². The van der Waals surface area contributed by atoms with Crippen LogP contribution in [0.15, 0.2) is 76.1 Å². The zero-order valence-electron chi connectivity index (χ0n) is 21.1. The minimum absolute atomic E-state index is 0.0837. The highest BCUT2D eigenvalue weighted by molar-refractivity contribution is 9.10. The van der Waals surface area contributed by atoms with E-state index in [1.165, 1.54) is 16.4 Å². The number of rotatable bonds is 8. The number of amides is 1. The van der Waals surface area contributed by atoms with Gasteiger partial charge in [-0.1, -0.05) is 40.2 Å². The first-order valence-electron chi connectivity index (χ1n) is 12.2. The lowest BCUT2D eigenvalue weighted by Crippen LogP contribution is -2.41. The molecule has 1 heterocycles.